The maximum atomic E-state index is 9.82. The summed E-state index contributed by atoms with van der Waals surface area (Å²) in [5, 5.41) is 0. The van der Waals surface area contributed by atoms with Gasteiger partial charge in [-0.1, -0.05) is 104 Å². The Hall–Kier alpha value is -0.141. The molecule has 0 heterocycles. The van der Waals surface area contributed by atoms with Crippen molar-refractivity contribution in [3.8, 4) is 0 Å². The van der Waals surface area contributed by atoms with Crippen LogP contribution in [0.15, 0.2) is 0 Å². The van der Waals surface area contributed by atoms with Gasteiger partial charge in [0.1, 0.15) is 0 Å². The molecule has 0 bridgehead atoms. The van der Waals surface area contributed by atoms with Crippen LogP contribution in [0.5, 0.6) is 0 Å². The third kappa shape index (κ3) is 34.3. The van der Waals surface area contributed by atoms with Crippen LogP contribution >= 0.6 is 0 Å². The Morgan fingerprint density at radius 2 is 0.739 bits per heavy atom. The van der Waals surface area contributed by atoms with Crippen LogP contribution in [0.2, 0.25) is 0 Å². The molecule has 3 heteroatoms. The summed E-state index contributed by atoms with van der Waals surface area (Å²) in [5.41, 5.74) is 0. The summed E-state index contributed by atoms with van der Waals surface area (Å²) in [7, 11) is 0. The second-order valence-electron chi connectivity index (χ2n) is 6.03. The van der Waals surface area contributed by atoms with Crippen molar-refractivity contribution in [2.75, 3.05) is 0 Å². The molecular formula is C20H38FeO2. The molecule has 0 aliphatic carbocycles. The Balaban J connectivity index is -0.000000333. The first-order valence-electron chi connectivity index (χ1n) is 9.53. The molecule has 0 aromatic rings. The molecule has 0 rings (SSSR count). The number of carbonyl (C=O) groups excluding carboxylic acids is 2. The normalized spacial score (nSPS) is 9.48. The minimum Gasteiger partial charge on any atom is -0.542 e. The van der Waals surface area contributed by atoms with Crippen LogP contribution < -0.4 is 0 Å². The summed E-state index contributed by atoms with van der Waals surface area (Å²) < 4.78 is 0. The Morgan fingerprint density at radius 3 is 1.00 bits per heavy atom. The third-order valence-corrected chi connectivity index (χ3v) is 3.76. The zero-order valence-corrected chi connectivity index (χ0v) is 16.6. The monoisotopic (exact) mass is 366 g/mol. The third-order valence-electron chi connectivity index (χ3n) is 3.76. The second kappa shape index (κ2) is 29.8. The maximum Gasteiger partial charge on any atom is 2.00 e. The molecule has 0 aromatic heterocycles. The number of hydrogen-bond acceptors (Lipinski definition) is 2. The molecule has 0 N–H and O–H groups in total. The van der Waals surface area contributed by atoms with E-state index in [0.717, 1.165) is 12.8 Å². The van der Waals surface area contributed by atoms with Crippen molar-refractivity contribution in [3.05, 3.63) is 0 Å². The zero-order chi connectivity index (χ0) is 16.7. The molecule has 23 heavy (non-hydrogen) atoms. The van der Waals surface area contributed by atoms with E-state index >= 15 is 0 Å². The Morgan fingerprint density at radius 1 is 0.478 bits per heavy atom. The van der Waals surface area contributed by atoms with Gasteiger partial charge in [-0.2, -0.15) is 12.8 Å². The van der Waals surface area contributed by atoms with Gasteiger partial charge in [0.25, 0.3) is 0 Å². The smallest absolute Gasteiger partial charge is 0.542 e. The standard InChI is InChI=1S/2C10H19O.Fe/c2*1-2-3-4-5-6-7-8-9-10-11;/h2*2-9H2,1H3;/q2*-1;+2. The molecule has 0 atom stereocenters. The summed E-state index contributed by atoms with van der Waals surface area (Å²) in [5.74, 6) is 0. The molecule has 2 nitrogen and oxygen atoms in total. The van der Waals surface area contributed by atoms with Gasteiger partial charge in [-0.25, -0.2) is 0 Å². The van der Waals surface area contributed by atoms with Gasteiger partial charge in [0.15, 0.2) is 0 Å². The Kier molecular flexibility index (Phi) is 35.9. The van der Waals surface area contributed by atoms with Gasteiger partial charge in [-0.3, -0.25) is 12.6 Å². The SMILES string of the molecule is CCCCCCCCC[C-]=O.CCCCCCCCC[C-]=O.[Fe+2]. The summed E-state index contributed by atoms with van der Waals surface area (Å²) >= 11 is 0. The van der Waals surface area contributed by atoms with E-state index in [1.807, 2.05) is 12.6 Å². The molecule has 0 aliphatic rings. The molecule has 0 amide bonds. The summed E-state index contributed by atoms with van der Waals surface area (Å²) in [6.45, 7) is 4.45. The fraction of sp³-hybridized carbons (Fsp3) is 0.900. The van der Waals surface area contributed by atoms with E-state index in [9.17, 15) is 9.59 Å². The summed E-state index contributed by atoms with van der Waals surface area (Å²) in [6, 6.07) is 0. The van der Waals surface area contributed by atoms with E-state index in [1.54, 1.807) is 0 Å². The quantitative estimate of drug-likeness (QED) is 0.178. The van der Waals surface area contributed by atoms with E-state index in [2.05, 4.69) is 13.8 Å². The molecule has 0 aromatic carbocycles. The van der Waals surface area contributed by atoms with E-state index in [4.69, 9.17) is 0 Å². The number of unbranched alkanes of at least 4 members (excludes halogenated alkanes) is 14. The summed E-state index contributed by atoms with van der Waals surface area (Å²) in [6.07, 6.45) is 22.9. The molecular weight excluding hydrogens is 328 g/mol. The minimum atomic E-state index is 0. The van der Waals surface area contributed by atoms with E-state index in [0.29, 0.717) is 12.8 Å². The molecule has 0 fully saturated rings. The van der Waals surface area contributed by atoms with Crippen LogP contribution in [0, 0.1) is 0 Å². The van der Waals surface area contributed by atoms with Crippen LogP contribution in [-0.4, -0.2) is 12.6 Å². The van der Waals surface area contributed by atoms with E-state index in [1.165, 1.54) is 77.0 Å². The average Bonchev–Trinajstić information content (AvgIpc) is 2.54. The minimum absolute atomic E-state index is 0. The molecule has 0 radical (unpaired) electrons. The van der Waals surface area contributed by atoms with Crippen LogP contribution in [0.4, 0.5) is 0 Å². The predicted molar refractivity (Wildman–Crippen MR) is 96.6 cm³/mol. The van der Waals surface area contributed by atoms with Gasteiger partial charge in [-0.15, -0.1) is 0 Å². The van der Waals surface area contributed by atoms with Gasteiger partial charge in [0, 0.05) is 0 Å². The molecule has 0 spiro atoms. The van der Waals surface area contributed by atoms with Crippen molar-refractivity contribution < 1.29 is 26.7 Å². The number of hydrogen-bond donors (Lipinski definition) is 0. The first kappa shape index (κ1) is 27.7. The first-order chi connectivity index (χ1) is 10.8. The first-order valence-corrected chi connectivity index (χ1v) is 9.53. The van der Waals surface area contributed by atoms with Crippen LogP contribution in [-0.2, 0) is 26.7 Å². The molecule has 0 saturated carbocycles. The van der Waals surface area contributed by atoms with E-state index in [-0.39, 0.29) is 17.1 Å². The van der Waals surface area contributed by atoms with Gasteiger partial charge in [-0.05, 0) is 0 Å². The summed E-state index contributed by atoms with van der Waals surface area (Å²) in [4.78, 5) is 19.6. The van der Waals surface area contributed by atoms with Crippen molar-refractivity contribution in [2.24, 2.45) is 0 Å². The largest absolute Gasteiger partial charge is 2.00 e. The van der Waals surface area contributed by atoms with Crippen molar-refractivity contribution in [1.82, 2.24) is 0 Å². The van der Waals surface area contributed by atoms with Gasteiger partial charge in [0.2, 0.25) is 0 Å². The van der Waals surface area contributed by atoms with Gasteiger partial charge < -0.3 is 9.59 Å². The molecule has 0 unspecified atom stereocenters. The second-order valence-corrected chi connectivity index (χ2v) is 6.03. The molecule has 0 aliphatic heterocycles. The molecule has 0 saturated heterocycles. The van der Waals surface area contributed by atoms with Crippen molar-refractivity contribution in [3.63, 3.8) is 0 Å². The van der Waals surface area contributed by atoms with Gasteiger partial charge in [0.05, 0.1) is 0 Å². The fourth-order valence-corrected chi connectivity index (χ4v) is 2.31. The van der Waals surface area contributed by atoms with E-state index < -0.39 is 0 Å². The van der Waals surface area contributed by atoms with Crippen LogP contribution in [0.3, 0.4) is 0 Å². The van der Waals surface area contributed by atoms with Gasteiger partial charge >= 0.3 is 17.1 Å². The van der Waals surface area contributed by atoms with Crippen molar-refractivity contribution in [2.45, 2.75) is 117 Å². The topological polar surface area (TPSA) is 34.1 Å². The fourth-order valence-electron chi connectivity index (χ4n) is 2.31. The van der Waals surface area contributed by atoms with Crippen LogP contribution in [0.25, 0.3) is 0 Å². The van der Waals surface area contributed by atoms with Crippen LogP contribution in [0.1, 0.15) is 117 Å². The Labute approximate surface area is 156 Å². The Bertz CT molecular complexity index is 186. The predicted octanol–water partition coefficient (Wildman–Crippen LogP) is 6.47. The maximum absolute atomic E-state index is 9.82. The average molecular weight is 366 g/mol. The van der Waals surface area contributed by atoms with Crippen molar-refractivity contribution in [1.29, 1.82) is 0 Å². The molecule has 138 valence electrons. The zero-order valence-electron chi connectivity index (χ0n) is 15.5. The van der Waals surface area contributed by atoms with Crippen molar-refractivity contribution >= 4 is 12.6 Å². The number of rotatable bonds is 16.